The van der Waals surface area contributed by atoms with Crippen molar-refractivity contribution in [3.8, 4) is 0 Å². The van der Waals surface area contributed by atoms with Crippen molar-refractivity contribution in [3.63, 3.8) is 0 Å². The maximum Gasteiger partial charge on any atom is 0.317 e. The zero-order valence-corrected chi connectivity index (χ0v) is 14.9. The first-order chi connectivity index (χ1) is 10.3. The van der Waals surface area contributed by atoms with Crippen LogP contribution in [0.3, 0.4) is 0 Å². The summed E-state index contributed by atoms with van der Waals surface area (Å²) in [4.78, 5) is 15.7. The highest BCUT2D eigenvalue weighted by Gasteiger charge is 2.33. The van der Waals surface area contributed by atoms with Crippen molar-refractivity contribution < 1.29 is 9.90 Å². The third kappa shape index (κ3) is 4.54. The molecule has 1 saturated carbocycles. The molecule has 1 aliphatic carbocycles. The lowest BCUT2D eigenvalue weighted by molar-refractivity contribution is -0.139. The summed E-state index contributed by atoms with van der Waals surface area (Å²) >= 11 is 1.89. The Morgan fingerprint density at radius 1 is 1.41 bits per heavy atom. The molecule has 2 rings (SSSR count). The van der Waals surface area contributed by atoms with Crippen LogP contribution in [-0.2, 0) is 16.8 Å². The van der Waals surface area contributed by atoms with Crippen LogP contribution in [0.25, 0.3) is 0 Å². The van der Waals surface area contributed by atoms with E-state index in [4.69, 9.17) is 5.11 Å². The van der Waals surface area contributed by atoms with Crippen LogP contribution in [0.4, 0.5) is 0 Å². The molecule has 0 radical (unpaired) electrons. The standard InChI is InChI=1S/C17H28N2O2S/c1-5-19(11-16(20)21)13-8-12(9-13)18-10-14-6-7-15(22-14)17(2,3)4/h6-7,12-13,18H,5,8-11H2,1-4H3,(H,20,21). The maximum absolute atomic E-state index is 10.8. The third-order valence-corrected chi connectivity index (χ3v) is 5.85. The molecule has 22 heavy (non-hydrogen) atoms. The molecular formula is C17H28N2O2S. The van der Waals surface area contributed by atoms with E-state index in [9.17, 15) is 4.79 Å². The first kappa shape index (κ1) is 17.4. The maximum atomic E-state index is 10.8. The molecule has 124 valence electrons. The Morgan fingerprint density at radius 3 is 2.59 bits per heavy atom. The highest BCUT2D eigenvalue weighted by atomic mass is 32.1. The Morgan fingerprint density at radius 2 is 2.09 bits per heavy atom. The fourth-order valence-corrected chi connectivity index (χ4v) is 3.86. The molecule has 0 amide bonds. The lowest BCUT2D eigenvalue weighted by atomic mass is 9.85. The average molecular weight is 324 g/mol. The number of carboxylic acid groups (broad SMARTS) is 1. The molecular weight excluding hydrogens is 296 g/mol. The van der Waals surface area contributed by atoms with E-state index < -0.39 is 5.97 Å². The molecule has 0 spiro atoms. The van der Waals surface area contributed by atoms with Crippen molar-refractivity contribution in [2.75, 3.05) is 13.1 Å². The van der Waals surface area contributed by atoms with E-state index in [0.717, 1.165) is 25.9 Å². The minimum atomic E-state index is -0.730. The molecule has 0 unspecified atom stereocenters. The number of carbonyl (C=O) groups is 1. The Hall–Kier alpha value is -0.910. The number of rotatable bonds is 7. The summed E-state index contributed by atoms with van der Waals surface area (Å²) in [5.41, 5.74) is 0.225. The quantitative estimate of drug-likeness (QED) is 0.809. The fourth-order valence-electron chi connectivity index (χ4n) is 2.85. The van der Waals surface area contributed by atoms with E-state index in [1.54, 1.807) is 0 Å². The molecule has 0 aliphatic heterocycles. The molecule has 4 nitrogen and oxygen atoms in total. The van der Waals surface area contributed by atoms with Crippen LogP contribution in [-0.4, -0.2) is 41.1 Å². The second kappa shape index (κ2) is 7.11. The van der Waals surface area contributed by atoms with E-state index in [2.05, 4.69) is 43.1 Å². The highest BCUT2D eigenvalue weighted by Crippen LogP contribution is 2.30. The fraction of sp³-hybridized carbons (Fsp3) is 0.706. The Bertz CT molecular complexity index is 501. The monoisotopic (exact) mass is 324 g/mol. The zero-order valence-electron chi connectivity index (χ0n) is 14.1. The lowest BCUT2D eigenvalue weighted by Gasteiger charge is -2.42. The summed E-state index contributed by atoms with van der Waals surface area (Å²) in [6, 6.07) is 5.40. The van der Waals surface area contributed by atoms with Gasteiger partial charge in [0.05, 0.1) is 6.54 Å². The van der Waals surface area contributed by atoms with Gasteiger partial charge in [0, 0.05) is 28.4 Å². The van der Waals surface area contributed by atoms with Crippen LogP contribution in [0.1, 0.15) is 50.3 Å². The summed E-state index contributed by atoms with van der Waals surface area (Å²) in [6.07, 6.45) is 2.11. The van der Waals surface area contributed by atoms with Gasteiger partial charge in [0.2, 0.25) is 0 Å². The SMILES string of the molecule is CCN(CC(=O)O)C1CC(NCc2ccc(C(C)(C)C)s2)C1. The van der Waals surface area contributed by atoms with E-state index >= 15 is 0 Å². The molecule has 0 atom stereocenters. The number of carboxylic acids is 1. The van der Waals surface area contributed by atoms with Gasteiger partial charge in [-0.25, -0.2) is 0 Å². The van der Waals surface area contributed by atoms with E-state index in [1.807, 2.05) is 18.3 Å². The number of hydrogen-bond donors (Lipinski definition) is 2. The van der Waals surface area contributed by atoms with E-state index in [-0.39, 0.29) is 12.0 Å². The van der Waals surface area contributed by atoms with Crippen LogP contribution < -0.4 is 5.32 Å². The van der Waals surface area contributed by atoms with Crippen molar-refractivity contribution in [1.29, 1.82) is 0 Å². The van der Waals surface area contributed by atoms with Gasteiger partial charge >= 0.3 is 5.97 Å². The number of thiophene rings is 1. The molecule has 5 heteroatoms. The van der Waals surface area contributed by atoms with Crippen LogP contribution in [0.15, 0.2) is 12.1 Å². The van der Waals surface area contributed by atoms with Crippen LogP contribution >= 0.6 is 11.3 Å². The van der Waals surface area contributed by atoms with Crippen molar-refractivity contribution in [3.05, 3.63) is 21.9 Å². The lowest BCUT2D eigenvalue weighted by Crippen LogP contribution is -2.53. The number of likely N-dealkylation sites (N-methyl/N-ethyl adjacent to an activating group) is 1. The van der Waals surface area contributed by atoms with Crippen LogP contribution in [0.5, 0.6) is 0 Å². The zero-order chi connectivity index (χ0) is 16.3. The van der Waals surface area contributed by atoms with Crippen molar-refractivity contribution in [1.82, 2.24) is 10.2 Å². The Kier molecular flexibility index (Phi) is 5.64. The van der Waals surface area contributed by atoms with Gasteiger partial charge in [-0.2, -0.15) is 0 Å². The van der Waals surface area contributed by atoms with Gasteiger partial charge in [0.15, 0.2) is 0 Å². The topological polar surface area (TPSA) is 52.6 Å². The van der Waals surface area contributed by atoms with Gasteiger partial charge < -0.3 is 10.4 Å². The first-order valence-corrected chi connectivity index (χ1v) is 8.89. The first-order valence-electron chi connectivity index (χ1n) is 8.08. The molecule has 0 saturated heterocycles. The molecule has 0 aromatic carbocycles. The summed E-state index contributed by atoms with van der Waals surface area (Å²) in [7, 11) is 0. The van der Waals surface area contributed by atoms with Gasteiger partial charge in [0.25, 0.3) is 0 Å². The van der Waals surface area contributed by atoms with Gasteiger partial charge in [-0.3, -0.25) is 9.69 Å². The number of aliphatic carboxylic acids is 1. The second-order valence-corrected chi connectivity index (χ2v) is 8.34. The smallest absolute Gasteiger partial charge is 0.317 e. The van der Waals surface area contributed by atoms with Crippen molar-refractivity contribution in [2.24, 2.45) is 0 Å². The Labute approximate surface area is 137 Å². The Balaban J connectivity index is 1.74. The average Bonchev–Trinajstić information content (AvgIpc) is 2.83. The molecule has 1 fully saturated rings. The van der Waals surface area contributed by atoms with Crippen molar-refractivity contribution >= 4 is 17.3 Å². The number of nitrogens with zero attached hydrogens (tertiary/aromatic N) is 1. The normalized spacial score (nSPS) is 21.9. The highest BCUT2D eigenvalue weighted by molar-refractivity contribution is 7.12. The molecule has 1 aromatic heterocycles. The molecule has 2 N–H and O–H groups in total. The molecule has 1 heterocycles. The largest absolute Gasteiger partial charge is 0.480 e. The summed E-state index contributed by atoms with van der Waals surface area (Å²) in [5.74, 6) is -0.730. The van der Waals surface area contributed by atoms with Gasteiger partial charge in [0.1, 0.15) is 0 Å². The number of nitrogens with one attached hydrogen (secondary N) is 1. The molecule has 0 bridgehead atoms. The van der Waals surface area contributed by atoms with Crippen LogP contribution in [0, 0.1) is 0 Å². The van der Waals surface area contributed by atoms with Gasteiger partial charge in [-0.05, 0) is 36.9 Å². The van der Waals surface area contributed by atoms with Crippen molar-refractivity contribution in [2.45, 2.75) is 64.6 Å². The van der Waals surface area contributed by atoms with E-state index in [1.165, 1.54) is 9.75 Å². The summed E-state index contributed by atoms with van der Waals surface area (Å²) in [6.45, 7) is 10.7. The second-order valence-electron chi connectivity index (χ2n) is 7.18. The summed E-state index contributed by atoms with van der Waals surface area (Å²) < 4.78 is 0. The predicted molar refractivity (Wildman–Crippen MR) is 91.6 cm³/mol. The molecule has 1 aliphatic rings. The molecule has 1 aromatic rings. The minimum absolute atomic E-state index is 0.160. The predicted octanol–water partition coefficient (Wildman–Crippen LogP) is 3.07. The minimum Gasteiger partial charge on any atom is -0.480 e. The van der Waals surface area contributed by atoms with E-state index in [0.29, 0.717) is 12.1 Å². The number of hydrogen-bond acceptors (Lipinski definition) is 4. The summed E-state index contributed by atoms with van der Waals surface area (Å²) in [5, 5.41) is 12.5. The third-order valence-electron chi connectivity index (χ3n) is 4.34. The van der Waals surface area contributed by atoms with Crippen LogP contribution in [0.2, 0.25) is 0 Å². The van der Waals surface area contributed by atoms with Gasteiger partial charge in [-0.1, -0.05) is 27.7 Å². The van der Waals surface area contributed by atoms with Gasteiger partial charge in [-0.15, -0.1) is 11.3 Å².